The van der Waals surface area contributed by atoms with Gasteiger partial charge in [0.15, 0.2) is 0 Å². The predicted molar refractivity (Wildman–Crippen MR) is 105 cm³/mol. The number of hydrogen-bond acceptors (Lipinski definition) is 4. The van der Waals surface area contributed by atoms with E-state index < -0.39 is 0 Å². The first-order valence-electron chi connectivity index (χ1n) is 10.3. The normalized spacial score (nSPS) is 22.5. The zero-order valence-electron chi connectivity index (χ0n) is 15.7. The summed E-state index contributed by atoms with van der Waals surface area (Å²) in [7, 11) is 0. The fourth-order valence-corrected chi connectivity index (χ4v) is 4.62. The highest BCUT2D eigenvalue weighted by Crippen LogP contribution is 2.34. The number of fused-ring (bicyclic) bond motifs is 1. The van der Waals surface area contributed by atoms with Gasteiger partial charge in [0.25, 0.3) is 0 Å². The maximum atomic E-state index is 5.06. The fraction of sp³-hybridized carbons (Fsp3) is 0.545. The van der Waals surface area contributed by atoms with Crippen molar-refractivity contribution in [2.24, 2.45) is 0 Å². The Labute approximate surface area is 156 Å². The number of rotatable bonds is 4. The van der Waals surface area contributed by atoms with Gasteiger partial charge in [-0.15, -0.1) is 0 Å². The van der Waals surface area contributed by atoms with Crippen molar-refractivity contribution in [3.05, 3.63) is 41.1 Å². The Hall–Kier alpha value is -1.94. The van der Waals surface area contributed by atoms with Crippen LogP contribution in [0.2, 0.25) is 0 Å². The first kappa shape index (κ1) is 16.2. The van der Waals surface area contributed by atoms with Crippen LogP contribution in [0.3, 0.4) is 0 Å². The zero-order valence-corrected chi connectivity index (χ0v) is 15.7. The minimum atomic E-state index is 0.573. The number of aryl methyl sites for hydroxylation is 1. The lowest BCUT2D eigenvalue weighted by Gasteiger charge is -2.39. The molecule has 2 aromatic rings. The number of anilines is 1. The van der Waals surface area contributed by atoms with Gasteiger partial charge in [-0.25, -0.2) is 9.97 Å². The van der Waals surface area contributed by atoms with E-state index in [0.717, 1.165) is 31.9 Å². The summed E-state index contributed by atoms with van der Waals surface area (Å²) in [5.41, 5.74) is 6.55. The van der Waals surface area contributed by atoms with E-state index in [9.17, 15) is 0 Å². The standard InChI is InChI=1S/C22H28N4/c1-16-10-13-26(16)22-23-20-9-5-8-19(20)21(24-22)18-7-4-6-17(14-18)15-25-11-2-3-12-25/h4,6-7,14,16H,2-3,5,8-13,15H2,1H3/t16-/m0/s1. The van der Waals surface area contributed by atoms with Crippen molar-refractivity contribution in [2.45, 2.75) is 58.0 Å². The molecule has 4 heteroatoms. The zero-order chi connectivity index (χ0) is 17.5. The maximum Gasteiger partial charge on any atom is 0.226 e. The third-order valence-corrected chi connectivity index (χ3v) is 6.30. The summed E-state index contributed by atoms with van der Waals surface area (Å²) >= 11 is 0. The van der Waals surface area contributed by atoms with E-state index in [4.69, 9.17) is 9.97 Å². The van der Waals surface area contributed by atoms with Crippen LogP contribution in [0.5, 0.6) is 0 Å². The highest BCUT2D eigenvalue weighted by atomic mass is 15.3. The minimum Gasteiger partial charge on any atom is -0.338 e. The van der Waals surface area contributed by atoms with Crippen molar-refractivity contribution in [2.75, 3.05) is 24.5 Å². The summed E-state index contributed by atoms with van der Waals surface area (Å²) in [4.78, 5) is 14.9. The lowest BCUT2D eigenvalue weighted by molar-refractivity contribution is 0.331. The molecule has 2 saturated heterocycles. The lowest BCUT2D eigenvalue weighted by Crippen LogP contribution is -2.46. The van der Waals surface area contributed by atoms with Crippen LogP contribution >= 0.6 is 0 Å². The van der Waals surface area contributed by atoms with Gasteiger partial charge >= 0.3 is 0 Å². The van der Waals surface area contributed by atoms with Crippen molar-refractivity contribution >= 4 is 5.95 Å². The third-order valence-electron chi connectivity index (χ3n) is 6.30. The Bertz CT molecular complexity index is 810. The summed E-state index contributed by atoms with van der Waals surface area (Å²) in [6, 6.07) is 9.64. The van der Waals surface area contributed by atoms with Gasteiger partial charge in [0.05, 0.1) is 5.69 Å². The summed E-state index contributed by atoms with van der Waals surface area (Å²) in [5.74, 6) is 0.948. The third kappa shape index (κ3) is 2.90. The van der Waals surface area contributed by atoms with Gasteiger partial charge in [0.2, 0.25) is 5.95 Å². The predicted octanol–water partition coefficient (Wildman–Crippen LogP) is 3.83. The van der Waals surface area contributed by atoms with Crippen LogP contribution in [0.1, 0.15) is 49.4 Å². The van der Waals surface area contributed by atoms with E-state index in [1.165, 1.54) is 66.9 Å². The Morgan fingerprint density at radius 3 is 2.69 bits per heavy atom. The van der Waals surface area contributed by atoms with Crippen LogP contribution in [0.25, 0.3) is 11.3 Å². The minimum absolute atomic E-state index is 0.573. The van der Waals surface area contributed by atoms with Crippen LogP contribution in [-0.2, 0) is 19.4 Å². The molecule has 3 aliphatic rings. The molecule has 2 aliphatic heterocycles. The van der Waals surface area contributed by atoms with Crippen LogP contribution in [0.4, 0.5) is 5.95 Å². The van der Waals surface area contributed by atoms with Crippen LogP contribution in [0.15, 0.2) is 24.3 Å². The van der Waals surface area contributed by atoms with Crippen LogP contribution < -0.4 is 4.90 Å². The molecule has 26 heavy (non-hydrogen) atoms. The molecule has 1 aromatic heterocycles. The number of nitrogens with zero attached hydrogens (tertiary/aromatic N) is 4. The molecule has 0 radical (unpaired) electrons. The largest absolute Gasteiger partial charge is 0.338 e. The van der Waals surface area contributed by atoms with Gasteiger partial charge in [-0.2, -0.15) is 0 Å². The average Bonchev–Trinajstić information content (AvgIpc) is 3.31. The van der Waals surface area contributed by atoms with E-state index in [-0.39, 0.29) is 0 Å². The quantitative estimate of drug-likeness (QED) is 0.841. The van der Waals surface area contributed by atoms with Crippen molar-refractivity contribution in [1.82, 2.24) is 14.9 Å². The number of benzene rings is 1. The number of hydrogen-bond donors (Lipinski definition) is 0. The highest BCUT2D eigenvalue weighted by molar-refractivity contribution is 5.67. The summed E-state index contributed by atoms with van der Waals surface area (Å²) < 4.78 is 0. The number of aromatic nitrogens is 2. The Kier molecular flexibility index (Phi) is 4.16. The average molecular weight is 348 g/mol. The second-order valence-electron chi connectivity index (χ2n) is 8.17. The molecular weight excluding hydrogens is 320 g/mol. The van der Waals surface area contributed by atoms with Gasteiger partial charge in [-0.1, -0.05) is 18.2 Å². The van der Waals surface area contributed by atoms with Crippen molar-refractivity contribution in [1.29, 1.82) is 0 Å². The van der Waals surface area contributed by atoms with E-state index in [1.807, 2.05) is 0 Å². The van der Waals surface area contributed by atoms with Gasteiger partial charge in [0.1, 0.15) is 0 Å². The summed E-state index contributed by atoms with van der Waals surface area (Å²) in [5, 5.41) is 0. The summed E-state index contributed by atoms with van der Waals surface area (Å²) in [6.07, 6.45) is 7.38. The fourth-order valence-electron chi connectivity index (χ4n) is 4.62. The highest BCUT2D eigenvalue weighted by Gasteiger charge is 2.29. The molecule has 1 aromatic carbocycles. The molecule has 0 N–H and O–H groups in total. The molecule has 0 saturated carbocycles. The molecule has 1 aliphatic carbocycles. The van der Waals surface area contributed by atoms with E-state index in [0.29, 0.717) is 6.04 Å². The Morgan fingerprint density at radius 2 is 1.92 bits per heavy atom. The monoisotopic (exact) mass is 348 g/mol. The lowest BCUT2D eigenvalue weighted by atomic mass is 10.0. The number of likely N-dealkylation sites (tertiary alicyclic amines) is 1. The van der Waals surface area contributed by atoms with Crippen molar-refractivity contribution in [3.8, 4) is 11.3 Å². The smallest absolute Gasteiger partial charge is 0.226 e. The maximum absolute atomic E-state index is 5.06. The van der Waals surface area contributed by atoms with Gasteiger partial charge in [-0.05, 0) is 70.2 Å². The molecule has 3 heterocycles. The topological polar surface area (TPSA) is 32.3 Å². The van der Waals surface area contributed by atoms with E-state index >= 15 is 0 Å². The molecule has 0 amide bonds. The second kappa shape index (κ2) is 6.66. The SMILES string of the molecule is C[C@H]1CCN1c1nc2c(c(-c3cccc(CN4CCCC4)c3)n1)CCC2. The first-order valence-corrected chi connectivity index (χ1v) is 10.3. The molecule has 0 bridgehead atoms. The second-order valence-corrected chi connectivity index (χ2v) is 8.17. The molecular formula is C22H28N4. The van der Waals surface area contributed by atoms with Crippen LogP contribution in [0, 0.1) is 0 Å². The Balaban J connectivity index is 1.50. The molecule has 5 rings (SSSR count). The van der Waals surface area contributed by atoms with Crippen LogP contribution in [-0.4, -0.2) is 40.5 Å². The molecule has 2 fully saturated rings. The van der Waals surface area contributed by atoms with Gasteiger partial charge in [-0.3, -0.25) is 4.90 Å². The molecule has 136 valence electrons. The van der Waals surface area contributed by atoms with E-state index in [1.54, 1.807) is 0 Å². The first-order chi connectivity index (χ1) is 12.8. The van der Waals surface area contributed by atoms with E-state index in [2.05, 4.69) is 41.0 Å². The molecule has 0 spiro atoms. The molecule has 4 nitrogen and oxygen atoms in total. The van der Waals surface area contributed by atoms with Crippen molar-refractivity contribution < 1.29 is 0 Å². The molecule has 0 unspecified atom stereocenters. The summed E-state index contributed by atoms with van der Waals surface area (Å²) in [6.45, 7) is 6.91. The molecule has 1 atom stereocenters. The Morgan fingerprint density at radius 1 is 1.04 bits per heavy atom. The van der Waals surface area contributed by atoms with Crippen molar-refractivity contribution in [3.63, 3.8) is 0 Å². The van der Waals surface area contributed by atoms with Gasteiger partial charge in [0, 0.05) is 36.0 Å². The van der Waals surface area contributed by atoms with Gasteiger partial charge < -0.3 is 4.90 Å².